The Morgan fingerprint density at radius 3 is 2.95 bits per heavy atom. The van der Waals surface area contributed by atoms with Crippen molar-refractivity contribution in [2.24, 2.45) is 0 Å². The molecular formula is C14H15FN4O. The molecule has 0 unspecified atom stereocenters. The van der Waals surface area contributed by atoms with Crippen LogP contribution in [-0.4, -0.2) is 22.4 Å². The molecule has 20 heavy (non-hydrogen) atoms. The molecule has 2 N–H and O–H groups in total. The third-order valence-corrected chi connectivity index (χ3v) is 2.50. The molecule has 1 aromatic carbocycles. The van der Waals surface area contributed by atoms with E-state index in [2.05, 4.69) is 20.6 Å². The molecule has 0 fully saturated rings. The third-order valence-electron chi connectivity index (χ3n) is 2.50. The number of carbonyl (C=O) groups is 1. The second-order valence-corrected chi connectivity index (χ2v) is 4.16. The summed E-state index contributed by atoms with van der Waals surface area (Å²) < 4.78 is 13.1. The van der Waals surface area contributed by atoms with Crippen LogP contribution in [0.1, 0.15) is 23.8 Å². The molecule has 0 aliphatic heterocycles. The van der Waals surface area contributed by atoms with E-state index < -0.39 is 0 Å². The number of nitrogens with zero attached hydrogens (tertiary/aromatic N) is 2. The van der Waals surface area contributed by atoms with Crippen LogP contribution in [-0.2, 0) is 0 Å². The summed E-state index contributed by atoms with van der Waals surface area (Å²) in [5, 5.41) is 5.59. The fourth-order valence-corrected chi connectivity index (χ4v) is 1.57. The molecule has 1 amide bonds. The normalized spacial score (nSPS) is 10.1. The lowest BCUT2D eigenvalue weighted by Gasteiger charge is -2.06. The van der Waals surface area contributed by atoms with Gasteiger partial charge in [-0.3, -0.25) is 4.79 Å². The fourth-order valence-electron chi connectivity index (χ4n) is 1.57. The Hall–Kier alpha value is -2.50. The molecule has 2 aromatic rings. The highest BCUT2D eigenvalue weighted by Gasteiger charge is 2.08. The summed E-state index contributed by atoms with van der Waals surface area (Å²) >= 11 is 0. The lowest BCUT2D eigenvalue weighted by Crippen LogP contribution is -2.25. The second kappa shape index (κ2) is 6.60. The van der Waals surface area contributed by atoms with E-state index in [0.717, 1.165) is 6.42 Å². The molecule has 0 radical (unpaired) electrons. The summed E-state index contributed by atoms with van der Waals surface area (Å²) in [6, 6.07) is 7.47. The predicted octanol–water partition coefficient (Wildman–Crippen LogP) is 2.50. The molecule has 1 heterocycles. The number of nitrogens with one attached hydrogen (secondary N) is 2. The van der Waals surface area contributed by atoms with Gasteiger partial charge in [-0.15, -0.1) is 0 Å². The van der Waals surface area contributed by atoms with Crippen LogP contribution in [0.3, 0.4) is 0 Å². The summed E-state index contributed by atoms with van der Waals surface area (Å²) in [7, 11) is 0. The van der Waals surface area contributed by atoms with E-state index in [9.17, 15) is 9.18 Å². The first-order valence-corrected chi connectivity index (χ1v) is 6.33. The summed E-state index contributed by atoms with van der Waals surface area (Å²) in [4.78, 5) is 19.9. The topological polar surface area (TPSA) is 66.9 Å². The van der Waals surface area contributed by atoms with Gasteiger partial charge in [-0.1, -0.05) is 13.0 Å². The smallest absolute Gasteiger partial charge is 0.270 e. The molecule has 1 aromatic heterocycles. The Labute approximate surface area is 116 Å². The summed E-state index contributed by atoms with van der Waals surface area (Å²) in [6.07, 6.45) is 2.33. The molecule has 104 valence electrons. The van der Waals surface area contributed by atoms with E-state index in [1.54, 1.807) is 12.1 Å². The van der Waals surface area contributed by atoms with E-state index in [-0.39, 0.29) is 23.4 Å². The van der Waals surface area contributed by atoms with Crippen LogP contribution in [0.15, 0.2) is 36.5 Å². The van der Waals surface area contributed by atoms with E-state index in [4.69, 9.17) is 0 Å². The Morgan fingerprint density at radius 1 is 1.35 bits per heavy atom. The Kier molecular flexibility index (Phi) is 4.60. The second-order valence-electron chi connectivity index (χ2n) is 4.16. The molecule has 0 atom stereocenters. The van der Waals surface area contributed by atoms with Crippen molar-refractivity contribution in [3.63, 3.8) is 0 Å². The minimum atomic E-state index is -0.355. The number of rotatable bonds is 5. The molecule has 0 saturated heterocycles. The average Bonchev–Trinajstić information content (AvgIpc) is 2.45. The Morgan fingerprint density at radius 2 is 2.20 bits per heavy atom. The van der Waals surface area contributed by atoms with Crippen LogP contribution in [0.25, 0.3) is 0 Å². The molecule has 0 aliphatic rings. The number of hydrogen-bond acceptors (Lipinski definition) is 4. The number of benzene rings is 1. The summed E-state index contributed by atoms with van der Waals surface area (Å²) in [5.74, 6) is -0.358. The van der Waals surface area contributed by atoms with E-state index >= 15 is 0 Å². The SMILES string of the molecule is CCCNC(=O)c1ccnc(Nc2cccc(F)c2)n1. The standard InChI is InChI=1S/C14H15FN4O/c1-2-7-16-13(20)12-6-8-17-14(19-12)18-11-5-3-4-10(15)9-11/h3-6,8-9H,2,7H2,1H3,(H,16,20)(H,17,18,19). The number of amides is 1. The molecule has 0 spiro atoms. The van der Waals surface area contributed by atoms with Crippen LogP contribution in [0.4, 0.5) is 16.0 Å². The van der Waals surface area contributed by atoms with E-state index in [1.807, 2.05) is 6.92 Å². The van der Waals surface area contributed by atoms with E-state index in [1.165, 1.54) is 24.4 Å². The van der Waals surface area contributed by atoms with Gasteiger partial charge in [0.1, 0.15) is 11.5 Å². The summed E-state index contributed by atoms with van der Waals surface area (Å²) in [5.41, 5.74) is 0.795. The lowest BCUT2D eigenvalue weighted by atomic mass is 10.3. The minimum absolute atomic E-state index is 0.250. The van der Waals surface area contributed by atoms with Gasteiger partial charge in [-0.05, 0) is 30.7 Å². The van der Waals surface area contributed by atoms with Crippen molar-refractivity contribution in [1.29, 1.82) is 0 Å². The predicted molar refractivity (Wildman–Crippen MR) is 74.3 cm³/mol. The van der Waals surface area contributed by atoms with Crippen LogP contribution in [0.5, 0.6) is 0 Å². The lowest BCUT2D eigenvalue weighted by molar-refractivity contribution is 0.0948. The number of halogens is 1. The van der Waals surface area contributed by atoms with Gasteiger partial charge in [0, 0.05) is 18.4 Å². The molecular weight excluding hydrogens is 259 g/mol. The largest absolute Gasteiger partial charge is 0.351 e. The summed E-state index contributed by atoms with van der Waals surface area (Å²) in [6.45, 7) is 2.56. The van der Waals surface area contributed by atoms with Crippen LogP contribution >= 0.6 is 0 Å². The highest BCUT2D eigenvalue weighted by Crippen LogP contribution is 2.13. The van der Waals surface area contributed by atoms with Gasteiger partial charge in [0.05, 0.1) is 0 Å². The van der Waals surface area contributed by atoms with Gasteiger partial charge in [0.15, 0.2) is 0 Å². The van der Waals surface area contributed by atoms with Crippen molar-refractivity contribution in [2.75, 3.05) is 11.9 Å². The zero-order chi connectivity index (χ0) is 14.4. The van der Waals surface area contributed by atoms with Gasteiger partial charge in [0.25, 0.3) is 5.91 Å². The first-order valence-electron chi connectivity index (χ1n) is 6.33. The zero-order valence-corrected chi connectivity index (χ0v) is 11.1. The molecule has 0 bridgehead atoms. The molecule has 2 rings (SSSR count). The van der Waals surface area contributed by atoms with Crippen molar-refractivity contribution < 1.29 is 9.18 Å². The molecule has 0 saturated carbocycles. The number of aromatic nitrogens is 2. The third kappa shape index (κ3) is 3.74. The van der Waals surface area contributed by atoms with Crippen LogP contribution in [0, 0.1) is 5.82 Å². The van der Waals surface area contributed by atoms with Gasteiger partial charge in [-0.2, -0.15) is 0 Å². The number of hydrogen-bond donors (Lipinski definition) is 2. The maximum atomic E-state index is 13.1. The zero-order valence-electron chi connectivity index (χ0n) is 11.1. The van der Waals surface area contributed by atoms with Crippen molar-refractivity contribution in [2.45, 2.75) is 13.3 Å². The highest BCUT2D eigenvalue weighted by molar-refractivity contribution is 5.92. The van der Waals surface area contributed by atoms with Crippen molar-refractivity contribution >= 4 is 17.5 Å². The van der Waals surface area contributed by atoms with E-state index in [0.29, 0.717) is 12.2 Å². The number of anilines is 2. The highest BCUT2D eigenvalue weighted by atomic mass is 19.1. The van der Waals surface area contributed by atoms with Crippen molar-refractivity contribution in [1.82, 2.24) is 15.3 Å². The van der Waals surface area contributed by atoms with Crippen LogP contribution < -0.4 is 10.6 Å². The van der Waals surface area contributed by atoms with Crippen molar-refractivity contribution in [3.05, 3.63) is 48.0 Å². The maximum Gasteiger partial charge on any atom is 0.270 e. The van der Waals surface area contributed by atoms with Gasteiger partial charge < -0.3 is 10.6 Å². The van der Waals surface area contributed by atoms with Gasteiger partial charge >= 0.3 is 0 Å². The average molecular weight is 274 g/mol. The molecule has 0 aliphatic carbocycles. The fraction of sp³-hybridized carbons (Fsp3) is 0.214. The quantitative estimate of drug-likeness (QED) is 0.879. The Bertz CT molecular complexity index is 603. The first kappa shape index (κ1) is 13.9. The van der Waals surface area contributed by atoms with Crippen LogP contribution in [0.2, 0.25) is 0 Å². The first-order chi connectivity index (χ1) is 9.69. The number of carbonyl (C=O) groups excluding carboxylic acids is 1. The Balaban J connectivity index is 2.11. The molecule has 6 heteroatoms. The van der Waals surface area contributed by atoms with Gasteiger partial charge in [-0.25, -0.2) is 14.4 Å². The van der Waals surface area contributed by atoms with Crippen molar-refractivity contribution in [3.8, 4) is 0 Å². The monoisotopic (exact) mass is 274 g/mol. The minimum Gasteiger partial charge on any atom is -0.351 e. The van der Waals surface area contributed by atoms with Gasteiger partial charge in [0.2, 0.25) is 5.95 Å². The molecule has 5 nitrogen and oxygen atoms in total. The maximum absolute atomic E-state index is 13.1.